The molecule has 1 aromatic rings. The molecule has 0 aliphatic carbocycles. The molecular formula is C17H22N2O4. The molecule has 3 heterocycles. The van der Waals surface area contributed by atoms with Crippen LogP contribution in [0.5, 0.6) is 0 Å². The highest BCUT2D eigenvalue weighted by atomic mass is 16.6. The molecule has 2 atom stereocenters. The number of hydrogen-bond donors (Lipinski definition) is 0. The second-order valence-corrected chi connectivity index (χ2v) is 6.18. The summed E-state index contributed by atoms with van der Waals surface area (Å²) in [7, 11) is 0. The van der Waals surface area contributed by atoms with E-state index in [2.05, 4.69) is 9.88 Å². The Morgan fingerprint density at radius 2 is 2.00 bits per heavy atom. The van der Waals surface area contributed by atoms with E-state index in [9.17, 15) is 9.59 Å². The monoisotopic (exact) mass is 318 g/mol. The van der Waals surface area contributed by atoms with Crippen LogP contribution in [0.15, 0.2) is 18.3 Å². The number of carbonyl (C=O) groups excluding carboxylic acids is 2. The summed E-state index contributed by atoms with van der Waals surface area (Å²) in [5.41, 5.74) is 0.357. The van der Waals surface area contributed by atoms with Gasteiger partial charge in [0.15, 0.2) is 0 Å². The number of hydrogen-bond acceptors (Lipinski definition) is 6. The second-order valence-electron chi connectivity index (χ2n) is 6.18. The van der Waals surface area contributed by atoms with Crippen molar-refractivity contribution in [2.45, 2.75) is 51.2 Å². The smallest absolute Gasteiger partial charge is 0.347 e. The normalized spacial score (nSPS) is 24.9. The van der Waals surface area contributed by atoms with Gasteiger partial charge in [-0.2, -0.15) is 0 Å². The number of esters is 2. The van der Waals surface area contributed by atoms with E-state index in [0.717, 1.165) is 18.9 Å². The van der Waals surface area contributed by atoms with Crippen molar-refractivity contribution in [1.82, 2.24) is 4.98 Å². The van der Waals surface area contributed by atoms with E-state index in [1.807, 2.05) is 6.07 Å². The van der Waals surface area contributed by atoms with E-state index in [1.165, 1.54) is 31.9 Å². The van der Waals surface area contributed by atoms with Gasteiger partial charge in [-0.15, -0.1) is 0 Å². The fourth-order valence-corrected chi connectivity index (χ4v) is 3.01. The van der Waals surface area contributed by atoms with Crippen LogP contribution in [0, 0.1) is 0 Å². The van der Waals surface area contributed by atoms with Crippen molar-refractivity contribution in [3.8, 4) is 0 Å². The van der Waals surface area contributed by atoms with E-state index in [4.69, 9.17) is 9.47 Å². The van der Waals surface area contributed by atoms with Crippen LogP contribution in [0.1, 0.15) is 49.4 Å². The molecule has 2 saturated heterocycles. The van der Waals surface area contributed by atoms with Gasteiger partial charge in [-0.25, -0.2) is 14.6 Å². The number of pyridine rings is 1. The van der Waals surface area contributed by atoms with Crippen molar-refractivity contribution < 1.29 is 19.1 Å². The van der Waals surface area contributed by atoms with Gasteiger partial charge in [-0.05, 0) is 31.9 Å². The predicted octanol–water partition coefficient (Wildman–Crippen LogP) is 2.32. The SMILES string of the molecule is C[C@@H]1C[C@H](OC(=O)c2ccc(N3CCCCCC3)nc2)C(=O)O1. The van der Waals surface area contributed by atoms with Crippen LogP contribution in [-0.4, -0.2) is 42.2 Å². The first-order chi connectivity index (χ1) is 11.1. The van der Waals surface area contributed by atoms with Gasteiger partial charge in [0.05, 0.1) is 5.56 Å². The highest BCUT2D eigenvalue weighted by molar-refractivity contribution is 5.91. The number of nitrogens with zero attached hydrogens (tertiary/aromatic N) is 2. The lowest BCUT2D eigenvalue weighted by atomic mass is 10.2. The molecular weight excluding hydrogens is 296 g/mol. The predicted molar refractivity (Wildman–Crippen MR) is 84.3 cm³/mol. The molecule has 0 N–H and O–H groups in total. The quantitative estimate of drug-likeness (QED) is 0.797. The molecule has 23 heavy (non-hydrogen) atoms. The zero-order valence-corrected chi connectivity index (χ0v) is 13.4. The van der Waals surface area contributed by atoms with Crippen LogP contribution in [0.3, 0.4) is 0 Å². The van der Waals surface area contributed by atoms with Crippen LogP contribution < -0.4 is 4.90 Å². The van der Waals surface area contributed by atoms with Crippen LogP contribution in [0.4, 0.5) is 5.82 Å². The number of cyclic esters (lactones) is 1. The summed E-state index contributed by atoms with van der Waals surface area (Å²) in [6, 6.07) is 3.55. The average molecular weight is 318 g/mol. The van der Waals surface area contributed by atoms with Gasteiger partial charge in [-0.3, -0.25) is 0 Å². The summed E-state index contributed by atoms with van der Waals surface area (Å²) in [6.45, 7) is 3.79. The van der Waals surface area contributed by atoms with Crippen molar-refractivity contribution in [1.29, 1.82) is 0 Å². The van der Waals surface area contributed by atoms with Gasteiger partial charge in [0.2, 0.25) is 6.10 Å². The third kappa shape index (κ3) is 3.81. The Bertz CT molecular complexity index is 564. The third-order valence-corrected chi connectivity index (χ3v) is 4.29. The van der Waals surface area contributed by atoms with Gasteiger partial charge in [0, 0.05) is 25.7 Å². The molecule has 0 bridgehead atoms. The Morgan fingerprint density at radius 1 is 1.26 bits per heavy atom. The van der Waals surface area contributed by atoms with Crippen molar-refractivity contribution in [3.63, 3.8) is 0 Å². The molecule has 0 amide bonds. The van der Waals surface area contributed by atoms with E-state index < -0.39 is 18.0 Å². The lowest BCUT2D eigenvalue weighted by Crippen LogP contribution is -2.25. The lowest BCUT2D eigenvalue weighted by molar-refractivity contribution is -0.147. The molecule has 2 aliphatic heterocycles. The molecule has 1 aromatic heterocycles. The van der Waals surface area contributed by atoms with Crippen LogP contribution in [0.2, 0.25) is 0 Å². The van der Waals surface area contributed by atoms with Gasteiger partial charge in [0.1, 0.15) is 11.9 Å². The lowest BCUT2D eigenvalue weighted by Gasteiger charge is -2.21. The molecule has 3 rings (SSSR count). The van der Waals surface area contributed by atoms with Gasteiger partial charge < -0.3 is 14.4 Å². The minimum Gasteiger partial charge on any atom is -0.460 e. The molecule has 0 aromatic carbocycles. The largest absolute Gasteiger partial charge is 0.460 e. The zero-order chi connectivity index (χ0) is 16.2. The number of ether oxygens (including phenoxy) is 2. The molecule has 0 saturated carbocycles. The average Bonchev–Trinajstić information content (AvgIpc) is 2.75. The molecule has 6 nitrogen and oxygen atoms in total. The first-order valence-electron chi connectivity index (χ1n) is 8.26. The Balaban J connectivity index is 1.62. The highest BCUT2D eigenvalue weighted by Gasteiger charge is 2.35. The first-order valence-corrected chi connectivity index (χ1v) is 8.26. The summed E-state index contributed by atoms with van der Waals surface area (Å²) in [6.07, 6.45) is 5.79. The summed E-state index contributed by atoms with van der Waals surface area (Å²) in [4.78, 5) is 30.3. The first kappa shape index (κ1) is 15.8. The fourth-order valence-electron chi connectivity index (χ4n) is 3.01. The van der Waals surface area contributed by atoms with E-state index in [0.29, 0.717) is 12.0 Å². The van der Waals surface area contributed by atoms with Gasteiger partial charge in [0.25, 0.3) is 0 Å². The molecule has 2 aliphatic rings. The fraction of sp³-hybridized carbons (Fsp3) is 0.588. The van der Waals surface area contributed by atoms with Crippen LogP contribution in [0.25, 0.3) is 0 Å². The topological polar surface area (TPSA) is 68.7 Å². The maximum Gasteiger partial charge on any atom is 0.347 e. The minimum atomic E-state index is -0.803. The van der Waals surface area contributed by atoms with Gasteiger partial charge >= 0.3 is 11.9 Å². The molecule has 6 heteroatoms. The minimum absolute atomic E-state index is 0.205. The van der Waals surface area contributed by atoms with Crippen molar-refractivity contribution >= 4 is 17.8 Å². The molecule has 124 valence electrons. The highest BCUT2D eigenvalue weighted by Crippen LogP contribution is 2.20. The maximum absolute atomic E-state index is 12.1. The standard InChI is InChI=1S/C17H22N2O4/c1-12-10-14(17(21)22-12)23-16(20)13-6-7-15(18-11-13)19-8-4-2-3-5-9-19/h6-7,11-12,14H,2-5,8-10H2,1H3/t12-,14+/m1/s1. The summed E-state index contributed by atoms with van der Waals surface area (Å²) in [5.74, 6) is -0.117. The third-order valence-electron chi connectivity index (χ3n) is 4.29. The van der Waals surface area contributed by atoms with E-state index >= 15 is 0 Å². The molecule has 0 unspecified atom stereocenters. The Labute approximate surface area is 135 Å². The summed E-state index contributed by atoms with van der Waals surface area (Å²) < 4.78 is 10.2. The Morgan fingerprint density at radius 3 is 2.57 bits per heavy atom. The van der Waals surface area contributed by atoms with E-state index in [1.54, 1.807) is 13.0 Å². The van der Waals surface area contributed by atoms with Crippen LogP contribution >= 0.6 is 0 Å². The Kier molecular flexibility index (Phi) is 4.79. The zero-order valence-electron chi connectivity index (χ0n) is 13.4. The van der Waals surface area contributed by atoms with E-state index in [-0.39, 0.29) is 6.10 Å². The maximum atomic E-state index is 12.1. The summed E-state index contributed by atoms with van der Waals surface area (Å²) in [5, 5.41) is 0. The molecule has 2 fully saturated rings. The second kappa shape index (κ2) is 6.98. The summed E-state index contributed by atoms with van der Waals surface area (Å²) >= 11 is 0. The number of anilines is 1. The molecule has 0 spiro atoms. The van der Waals surface area contributed by atoms with Gasteiger partial charge in [-0.1, -0.05) is 12.8 Å². The number of carbonyl (C=O) groups is 2. The molecule has 0 radical (unpaired) electrons. The van der Waals surface area contributed by atoms with Crippen molar-refractivity contribution in [3.05, 3.63) is 23.9 Å². The van der Waals surface area contributed by atoms with Crippen molar-refractivity contribution in [2.24, 2.45) is 0 Å². The van der Waals surface area contributed by atoms with Crippen LogP contribution in [-0.2, 0) is 14.3 Å². The number of rotatable bonds is 3. The number of aromatic nitrogens is 1. The van der Waals surface area contributed by atoms with Crippen molar-refractivity contribution in [2.75, 3.05) is 18.0 Å². The Hall–Kier alpha value is -2.11.